The predicted molar refractivity (Wildman–Crippen MR) is 315 cm³/mol. The standard InChI is InChI=1S/C71H47N7/c1-70(2)53-30-14-10-25-46(53)49-36-38-59-62(65(49)70)51-27-12-16-32-55(51)77(59)57-34-18-23-44(41-73)61(57)68-74-67(42-20-6-5-7-21-42)75-69(76-68)64-48(45-24-9-8-22-43(45)40-72)29-19-35-58(64)78-56-33-17-13-28-52(56)63-60(78)39-37-50-47-26-11-15-31-54(47)71(3,4)66(50)63/h5-39H,1-4H3. The Bertz CT molecular complexity index is 4820. The highest BCUT2D eigenvalue weighted by Crippen LogP contribution is 2.56. The van der Waals surface area contributed by atoms with Gasteiger partial charge in [-0.2, -0.15) is 10.5 Å². The van der Waals surface area contributed by atoms with Crippen molar-refractivity contribution >= 4 is 43.6 Å². The smallest absolute Gasteiger partial charge is 0.167 e. The summed E-state index contributed by atoms with van der Waals surface area (Å²) in [6.07, 6.45) is 0. The molecule has 0 saturated carbocycles. The first-order chi connectivity index (χ1) is 38.2. The van der Waals surface area contributed by atoms with Crippen LogP contribution in [0.1, 0.15) is 61.1 Å². The SMILES string of the molecule is CC1(C)c2ccccc2-c2ccc3c(c21)c1ccccc1n3-c1cccc(C#N)c1-c1nc(-c2ccccc2)nc(-c2c(-c3ccccc3C#N)cccc2-n2c3ccccc3c3c4c(ccc32)-c2ccccc2C4(C)C)n1. The molecule has 0 aliphatic heterocycles. The highest BCUT2D eigenvalue weighted by atomic mass is 15.1. The predicted octanol–water partition coefficient (Wildman–Crippen LogP) is 17.1. The Balaban J connectivity index is 1.05. The zero-order valence-corrected chi connectivity index (χ0v) is 43.3. The Morgan fingerprint density at radius 1 is 0.346 bits per heavy atom. The fourth-order valence-electron chi connectivity index (χ4n) is 13.6. The van der Waals surface area contributed by atoms with Crippen molar-refractivity contribution in [1.29, 1.82) is 10.5 Å². The van der Waals surface area contributed by atoms with E-state index in [-0.39, 0.29) is 10.8 Å². The van der Waals surface area contributed by atoms with E-state index in [1.165, 1.54) is 55.3 Å². The maximum absolute atomic E-state index is 11.3. The molecule has 78 heavy (non-hydrogen) atoms. The van der Waals surface area contributed by atoms with Gasteiger partial charge in [-0.1, -0.05) is 191 Å². The van der Waals surface area contributed by atoms with Crippen LogP contribution in [-0.4, -0.2) is 24.1 Å². The maximum Gasteiger partial charge on any atom is 0.167 e. The van der Waals surface area contributed by atoms with Gasteiger partial charge >= 0.3 is 0 Å². The van der Waals surface area contributed by atoms with Crippen molar-refractivity contribution in [3.8, 4) is 91.1 Å². The Morgan fingerprint density at radius 2 is 0.782 bits per heavy atom. The molecule has 7 nitrogen and oxygen atoms in total. The number of hydrogen-bond acceptors (Lipinski definition) is 5. The van der Waals surface area contributed by atoms with E-state index < -0.39 is 0 Å². The van der Waals surface area contributed by atoms with Gasteiger partial charge in [0.25, 0.3) is 0 Å². The van der Waals surface area contributed by atoms with Crippen LogP contribution in [0.15, 0.2) is 212 Å². The monoisotopic (exact) mass is 997 g/mol. The largest absolute Gasteiger partial charge is 0.308 e. The van der Waals surface area contributed by atoms with Crippen LogP contribution in [0.5, 0.6) is 0 Å². The first-order valence-corrected chi connectivity index (χ1v) is 26.5. The minimum Gasteiger partial charge on any atom is -0.308 e. The highest BCUT2D eigenvalue weighted by Gasteiger charge is 2.40. The van der Waals surface area contributed by atoms with Gasteiger partial charge in [0.1, 0.15) is 0 Å². The van der Waals surface area contributed by atoms with Crippen LogP contribution < -0.4 is 0 Å². The number of para-hydroxylation sites is 2. The molecule has 13 aromatic rings. The van der Waals surface area contributed by atoms with Gasteiger partial charge < -0.3 is 9.13 Å². The molecule has 3 heterocycles. The molecule has 15 rings (SSSR count). The summed E-state index contributed by atoms with van der Waals surface area (Å²) in [6.45, 7) is 9.33. The minimum absolute atomic E-state index is 0.279. The number of aromatic nitrogens is 5. The van der Waals surface area contributed by atoms with E-state index in [4.69, 9.17) is 15.0 Å². The van der Waals surface area contributed by atoms with Crippen molar-refractivity contribution in [2.24, 2.45) is 0 Å². The Hall–Kier alpha value is -10.2. The number of nitriles is 2. The number of rotatable bonds is 6. The number of hydrogen-bond donors (Lipinski definition) is 0. The van der Waals surface area contributed by atoms with E-state index in [1.807, 2.05) is 66.7 Å². The molecular weight excluding hydrogens is 951 g/mol. The zero-order chi connectivity index (χ0) is 52.6. The molecule has 7 heteroatoms. The van der Waals surface area contributed by atoms with Gasteiger partial charge in [-0.15, -0.1) is 0 Å². The molecule has 0 bridgehead atoms. The molecular formula is C71H47N7. The lowest BCUT2D eigenvalue weighted by Crippen LogP contribution is -2.15. The lowest BCUT2D eigenvalue weighted by atomic mass is 9.80. The minimum atomic E-state index is -0.284. The summed E-state index contributed by atoms with van der Waals surface area (Å²) < 4.78 is 4.65. The van der Waals surface area contributed by atoms with Crippen LogP contribution in [0.25, 0.3) is 123 Å². The Kier molecular flexibility index (Phi) is 9.65. The topological polar surface area (TPSA) is 96.1 Å². The van der Waals surface area contributed by atoms with E-state index in [1.54, 1.807) is 0 Å². The summed E-state index contributed by atoms with van der Waals surface area (Å²) >= 11 is 0. The van der Waals surface area contributed by atoms with Gasteiger partial charge in [0, 0.05) is 43.5 Å². The van der Waals surface area contributed by atoms with E-state index in [2.05, 4.69) is 195 Å². The molecule has 10 aromatic carbocycles. The summed E-state index contributed by atoms with van der Waals surface area (Å²) in [5.74, 6) is 1.19. The van der Waals surface area contributed by atoms with Crippen molar-refractivity contribution in [3.63, 3.8) is 0 Å². The summed E-state index contributed by atoms with van der Waals surface area (Å²) in [7, 11) is 0. The van der Waals surface area contributed by atoms with Crippen LogP contribution in [-0.2, 0) is 10.8 Å². The Morgan fingerprint density at radius 3 is 1.36 bits per heavy atom. The van der Waals surface area contributed by atoms with Crippen molar-refractivity contribution in [3.05, 3.63) is 246 Å². The van der Waals surface area contributed by atoms with Crippen LogP contribution >= 0.6 is 0 Å². The summed E-state index contributed by atoms with van der Waals surface area (Å²) in [6, 6.07) is 78.8. The first-order valence-electron chi connectivity index (χ1n) is 26.5. The number of nitrogens with zero attached hydrogens (tertiary/aromatic N) is 7. The molecule has 0 fully saturated rings. The summed E-state index contributed by atoms with van der Waals surface area (Å²) in [5.41, 5.74) is 19.9. The van der Waals surface area contributed by atoms with E-state index in [0.29, 0.717) is 34.2 Å². The fourth-order valence-corrected chi connectivity index (χ4v) is 13.6. The second kappa shape index (κ2) is 16.6. The van der Waals surface area contributed by atoms with Gasteiger partial charge in [-0.05, 0) is 98.6 Å². The third-order valence-corrected chi connectivity index (χ3v) is 16.8. The normalized spacial score (nSPS) is 13.6. The van der Waals surface area contributed by atoms with Crippen molar-refractivity contribution < 1.29 is 0 Å². The molecule has 0 amide bonds. The third-order valence-electron chi connectivity index (χ3n) is 16.8. The molecule has 2 aliphatic carbocycles. The molecule has 0 unspecified atom stereocenters. The van der Waals surface area contributed by atoms with E-state index in [9.17, 15) is 10.5 Å². The van der Waals surface area contributed by atoms with Crippen LogP contribution in [0.4, 0.5) is 0 Å². The lowest BCUT2D eigenvalue weighted by Gasteiger charge is -2.23. The maximum atomic E-state index is 11.3. The van der Waals surface area contributed by atoms with Gasteiger partial charge in [0.05, 0.1) is 67.8 Å². The molecule has 3 aromatic heterocycles. The highest BCUT2D eigenvalue weighted by molar-refractivity contribution is 6.16. The molecule has 0 saturated heterocycles. The average Bonchev–Trinajstić information content (AvgIpc) is 4.29. The summed E-state index contributed by atoms with van der Waals surface area (Å²) in [4.78, 5) is 16.5. The van der Waals surface area contributed by atoms with Crippen molar-refractivity contribution in [2.45, 2.75) is 38.5 Å². The summed E-state index contributed by atoms with van der Waals surface area (Å²) in [5, 5.41) is 26.7. The molecule has 0 spiro atoms. The van der Waals surface area contributed by atoms with E-state index in [0.717, 1.165) is 66.5 Å². The van der Waals surface area contributed by atoms with Crippen LogP contribution in [0.3, 0.4) is 0 Å². The fraction of sp³-hybridized carbons (Fsp3) is 0.0845. The van der Waals surface area contributed by atoms with E-state index >= 15 is 0 Å². The molecule has 2 aliphatic rings. The second-order valence-electron chi connectivity index (χ2n) is 21.7. The number of fused-ring (bicyclic) bond motifs is 14. The average molecular weight is 998 g/mol. The van der Waals surface area contributed by atoms with Crippen molar-refractivity contribution in [1.82, 2.24) is 24.1 Å². The molecule has 0 atom stereocenters. The van der Waals surface area contributed by atoms with Crippen LogP contribution in [0, 0.1) is 22.7 Å². The quantitative estimate of drug-likeness (QED) is 0.165. The third kappa shape index (κ3) is 6.22. The zero-order valence-electron chi connectivity index (χ0n) is 43.3. The Labute approximate surface area is 451 Å². The van der Waals surface area contributed by atoms with Crippen molar-refractivity contribution in [2.75, 3.05) is 0 Å². The lowest BCUT2D eigenvalue weighted by molar-refractivity contribution is 0.666. The van der Waals surface area contributed by atoms with Gasteiger partial charge in [-0.25, -0.2) is 15.0 Å². The molecule has 366 valence electrons. The van der Waals surface area contributed by atoms with Gasteiger partial charge in [-0.3, -0.25) is 0 Å². The molecule has 0 radical (unpaired) electrons. The van der Waals surface area contributed by atoms with Gasteiger partial charge in [0.15, 0.2) is 17.5 Å². The van der Waals surface area contributed by atoms with Gasteiger partial charge in [0.2, 0.25) is 0 Å². The first kappa shape index (κ1) is 45.2. The number of benzene rings is 10. The molecule has 0 N–H and O–H groups in total. The second-order valence-corrected chi connectivity index (χ2v) is 21.7. The van der Waals surface area contributed by atoms with Crippen LogP contribution in [0.2, 0.25) is 0 Å².